The van der Waals surface area contributed by atoms with Crippen LogP contribution < -0.4 is 4.74 Å². The molecule has 132 valence electrons. The molecule has 2 aromatic carbocycles. The van der Waals surface area contributed by atoms with Gasteiger partial charge in [0.1, 0.15) is 5.75 Å². The van der Waals surface area contributed by atoms with E-state index in [2.05, 4.69) is 45.8 Å². The number of pyridine rings is 1. The topological polar surface area (TPSA) is 39.4 Å². The molecule has 0 unspecified atom stereocenters. The van der Waals surface area contributed by atoms with E-state index in [1.807, 2.05) is 30.3 Å². The molecule has 0 saturated heterocycles. The number of halogens is 1. The van der Waals surface area contributed by atoms with Gasteiger partial charge in [0.2, 0.25) is 0 Å². The van der Waals surface area contributed by atoms with Gasteiger partial charge in [-0.1, -0.05) is 53.7 Å². The Morgan fingerprint density at radius 2 is 1.88 bits per heavy atom. The average Bonchev–Trinajstić information content (AvgIpc) is 3.06. The predicted molar refractivity (Wildman–Crippen MR) is 108 cm³/mol. The van der Waals surface area contributed by atoms with Gasteiger partial charge in [0.05, 0.1) is 17.1 Å². The number of fused-ring (bicyclic) bond motifs is 3. The summed E-state index contributed by atoms with van der Waals surface area (Å²) in [7, 11) is 0. The molecule has 6 heteroatoms. The van der Waals surface area contributed by atoms with Crippen LogP contribution in [0.5, 0.6) is 5.75 Å². The Morgan fingerprint density at radius 1 is 1.08 bits per heavy atom. The van der Waals surface area contributed by atoms with Gasteiger partial charge in [0.25, 0.3) is 0 Å². The molecule has 0 bridgehead atoms. The first-order valence-corrected chi connectivity index (χ1v) is 9.84. The molecule has 4 aromatic rings. The third-order valence-electron chi connectivity index (χ3n) is 4.19. The van der Waals surface area contributed by atoms with Crippen molar-refractivity contribution in [3.05, 3.63) is 65.2 Å². The highest BCUT2D eigenvalue weighted by atomic mass is 35.5. The maximum Gasteiger partial charge on any atom is 0.196 e. The van der Waals surface area contributed by atoms with Gasteiger partial charge in [-0.2, -0.15) is 0 Å². The Bertz CT molecular complexity index is 1060. The molecule has 4 rings (SSSR count). The van der Waals surface area contributed by atoms with Gasteiger partial charge in [-0.3, -0.25) is 4.40 Å². The minimum absolute atomic E-state index is 0.618. The number of aryl methyl sites for hydroxylation is 1. The molecule has 0 saturated carbocycles. The number of thioether (sulfide) groups is 1. The summed E-state index contributed by atoms with van der Waals surface area (Å²) in [5.41, 5.74) is 3.24. The summed E-state index contributed by atoms with van der Waals surface area (Å²) in [4.78, 5) is 0. The van der Waals surface area contributed by atoms with Crippen molar-refractivity contribution in [3.63, 3.8) is 0 Å². The quantitative estimate of drug-likeness (QED) is 0.330. The summed E-state index contributed by atoms with van der Waals surface area (Å²) >= 11 is 7.79. The number of aromatic nitrogens is 3. The Balaban J connectivity index is 1.45. The second-order valence-corrected chi connectivity index (χ2v) is 7.47. The van der Waals surface area contributed by atoms with Crippen molar-refractivity contribution in [2.75, 3.05) is 12.4 Å². The van der Waals surface area contributed by atoms with Gasteiger partial charge in [0, 0.05) is 11.1 Å². The van der Waals surface area contributed by atoms with Crippen molar-refractivity contribution in [1.82, 2.24) is 14.6 Å². The molecule has 0 N–H and O–H groups in total. The smallest absolute Gasteiger partial charge is 0.196 e. The fourth-order valence-electron chi connectivity index (χ4n) is 2.93. The molecule has 0 fully saturated rings. The third kappa shape index (κ3) is 3.37. The molecule has 0 aliphatic carbocycles. The molecule has 0 atom stereocenters. The van der Waals surface area contributed by atoms with Crippen LogP contribution in [0.15, 0.2) is 59.8 Å². The minimum atomic E-state index is 0.618. The summed E-state index contributed by atoms with van der Waals surface area (Å²) in [6.07, 6.45) is 0.897. The average molecular weight is 384 g/mol. The molecule has 0 amide bonds. The Hall–Kier alpha value is -2.24. The molecule has 2 heterocycles. The second-order valence-electron chi connectivity index (χ2n) is 6.00. The SMILES string of the molecule is Cc1cc2nnc(SCCCOc3ccccc3Cl)n2c2ccccc12. The first-order valence-electron chi connectivity index (χ1n) is 8.47. The van der Waals surface area contributed by atoms with Gasteiger partial charge in [0.15, 0.2) is 10.8 Å². The lowest BCUT2D eigenvalue weighted by Gasteiger charge is -2.08. The molecular formula is C20H18ClN3OS. The van der Waals surface area contributed by atoms with Crippen molar-refractivity contribution in [3.8, 4) is 5.75 Å². The van der Waals surface area contributed by atoms with Crippen LogP contribution in [-0.2, 0) is 0 Å². The fraction of sp³-hybridized carbons (Fsp3) is 0.200. The predicted octanol–water partition coefficient (Wildman–Crippen LogP) is 5.41. The van der Waals surface area contributed by atoms with E-state index in [0.717, 1.165) is 34.2 Å². The van der Waals surface area contributed by atoms with E-state index in [0.29, 0.717) is 11.6 Å². The normalized spacial score (nSPS) is 11.3. The zero-order valence-electron chi connectivity index (χ0n) is 14.4. The largest absolute Gasteiger partial charge is 0.492 e. The fourth-order valence-corrected chi connectivity index (χ4v) is 3.99. The highest BCUT2D eigenvalue weighted by Gasteiger charge is 2.11. The number of benzene rings is 2. The summed E-state index contributed by atoms with van der Waals surface area (Å²) in [6, 6.07) is 18.0. The number of hydrogen-bond donors (Lipinski definition) is 0. The second kappa shape index (κ2) is 7.56. The van der Waals surface area contributed by atoms with Crippen LogP contribution in [-0.4, -0.2) is 27.0 Å². The maximum atomic E-state index is 6.10. The van der Waals surface area contributed by atoms with Crippen LogP contribution in [0, 0.1) is 6.92 Å². The first kappa shape index (κ1) is 17.2. The summed E-state index contributed by atoms with van der Waals surface area (Å²) in [6.45, 7) is 2.73. The van der Waals surface area contributed by atoms with Crippen molar-refractivity contribution in [2.45, 2.75) is 18.5 Å². The first-order chi connectivity index (χ1) is 12.7. The van der Waals surface area contributed by atoms with Crippen LogP contribution in [0.3, 0.4) is 0 Å². The van der Waals surface area contributed by atoms with Crippen molar-refractivity contribution in [2.24, 2.45) is 0 Å². The standard InChI is InChI=1S/C20H18ClN3OS/c1-14-13-19-22-23-20(24(19)17-9-4-2-7-15(14)17)26-12-6-11-25-18-10-5-3-8-16(18)21/h2-5,7-10,13H,6,11-12H2,1H3. The molecule has 26 heavy (non-hydrogen) atoms. The molecule has 0 radical (unpaired) electrons. The molecule has 0 aliphatic heterocycles. The Labute approximate surface area is 161 Å². The molecular weight excluding hydrogens is 366 g/mol. The number of nitrogens with zero attached hydrogens (tertiary/aromatic N) is 3. The molecule has 2 aromatic heterocycles. The molecule has 0 aliphatic rings. The highest BCUT2D eigenvalue weighted by Crippen LogP contribution is 2.26. The number of ether oxygens (including phenoxy) is 1. The van der Waals surface area contributed by atoms with E-state index in [1.54, 1.807) is 11.8 Å². The number of hydrogen-bond acceptors (Lipinski definition) is 4. The monoisotopic (exact) mass is 383 g/mol. The lowest BCUT2D eigenvalue weighted by atomic mass is 10.1. The van der Waals surface area contributed by atoms with Crippen LogP contribution in [0.4, 0.5) is 0 Å². The molecule has 4 nitrogen and oxygen atoms in total. The van der Waals surface area contributed by atoms with Crippen molar-refractivity contribution < 1.29 is 4.74 Å². The zero-order valence-corrected chi connectivity index (χ0v) is 15.9. The van der Waals surface area contributed by atoms with Gasteiger partial charge in [-0.25, -0.2) is 0 Å². The lowest BCUT2D eigenvalue weighted by molar-refractivity contribution is 0.319. The van der Waals surface area contributed by atoms with Crippen LogP contribution in [0.1, 0.15) is 12.0 Å². The van der Waals surface area contributed by atoms with E-state index in [1.165, 1.54) is 10.9 Å². The number of rotatable bonds is 6. The zero-order chi connectivity index (χ0) is 17.9. The van der Waals surface area contributed by atoms with Crippen molar-refractivity contribution in [1.29, 1.82) is 0 Å². The van der Waals surface area contributed by atoms with Gasteiger partial charge in [-0.15, -0.1) is 10.2 Å². The van der Waals surface area contributed by atoms with Gasteiger partial charge >= 0.3 is 0 Å². The van der Waals surface area contributed by atoms with E-state index < -0.39 is 0 Å². The number of para-hydroxylation sites is 2. The van der Waals surface area contributed by atoms with E-state index in [-0.39, 0.29) is 0 Å². The van der Waals surface area contributed by atoms with Crippen LogP contribution in [0.2, 0.25) is 5.02 Å². The van der Waals surface area contributed by atoms with Gasteiger partial charge in [-0.05, 0) is 43.2 Å². The minimum Gasteiger partial charge on any atom is -0.492 e. The Kier molecular flexibility index (Phi) is 5.00. The van der Waals surface area contributed by atoms with E-state index in [9.17, 15) is 0 Å². The van der Waals surface area contributed by atoms with E-state index in [4.69, 9.17) is 16.3 Å². The summed E-state index contributed by atoms with van der Waals surface area (Å²) in [5, 5.41) is 11.5. The van der Waals surface area contributed by atoms with Crippen molar-refractivity contribution >= 4 is 39.9 Å². The summed E-state index contributed by atoms with van der Waals surface area (Å²) in [5.74, 6) is 1.63. The molecule has 0 spiro atoms. The maximum absolute atomic E-state index is 6.10. The van der Waals surface area contributed by atoms with E-state index >= 15 is 0 Å². The van der Waals surface area contributed by atoms with Crippen LogP contribution in [0.25, 0.3) is 16.6 Å². The van der Waals surface area contributed by atoms with Crippen LogP contribution >= 0.6 is 23.4 Å². The van der Waals surface area contributed by atoms with Gasteiger partial charge < -0.3 is 4.74 Å². The highest BCUT2D eigenvalue weighted by molar-refractivity contribution is 7.99. The lowest BCUT2D eigenvalue weighted by Crippen LogP contribution is -2.00. The Morgan fingerprint density at radius 3 is 2.77 bits per heavy atom. The third-order valence-corrected chi connectivity index (χ3v) is 5.52. The summed E-state index contributed by atoms with van der Waals surface area (Å²) < 4.78 is 7.87.